The number of oxazole rings is 1. The van der Waals surface area contributed by atoms with Crippen molar-refractivity contribution in [2.75, 3.05) is 12.3 Å². The van der Waals surface area contributed by atoms with E-state index in [1.165, 1.54) is 0 Å². The lowest BCUT2D eigenvalue weighted by Gasteiger charge is -2.32. The lowest BCUT2D eigenvalue weighted by atomic mass is 9.79. The second kappa shape index (κ2) is 6.92. The Hall–Kier alpha value is -3.18. The van der Waals surface area contributed by atoms with Gasteiger partial charge in [0.2, 0.25) is 0 Å². The average Bonchev–Trinajstić information content (AvgIpc) is 3.33. The van der Waals surface area contributed by atoms with Crippen molar-refractivity contribution in [3.05, 3.63) is 29.8 Å². The maximum atomic E-state index is 15.4. The maximum Gasteiger partial charge on any atom is 0.495 e. The van der Waals surface area contributed by atoms with Gasteiger partial charge in [0.15, 0.2) is 22.7 Å². The molecule has 8 nitrogen and oxygen atoms in total. The van der Waals surface area contributed by atoms with E-state index in [1.54, 1.807) is 0 Å². The summed E-state index contributed by atoms with van der Waals surface area (Å²) in [4.78, 5) is 8.51. The minimum absolute atomic E-state index is 0.0282. The zero-order valence-corrected chi connectivity index (χ0v) is 19.2. The molecule has 0 spiro atoms. The van der Waals surface area contributed by atoms with Crippen LogP contribution in [0.4, 0.5) is 14.8 Å². The van der Waals surface area contributed by atoms with E-state index in [9.17, 15) is 4.39 Å². The van der Waals surface area contributed by atoms with Crippen LogP contribution in [0.2, 0.25) is 0 Å². The number of hydrogen-bond donors (Lipinski definition) is 1. The maximum absolute atomic E-state index is 15.4. The molecule has 11 heteroatoms. The van der Waals surface area contributed by atoms with E-state index in [0.29, 0.717) is 36.4 Å². The van der Waals surface area contributed by atoms with Crippen LogP contribution >= 0.6 is 0 Å². The van der Waals surface area contributed by atoms with E-state index in [0.717, 1.165) is 11.5 Å². The van der Waals surface area contributed by atoms with Gasteiger partial charge in [-0.15, -0.1) is 0 Å². The van der Waals surface area contributed by atoms with Crippen LogP contribution in [0, 0.1) is 11.6 Å². The van der Waals surface area contributed by atoms with E-state index in [-0.39, 0.29) is 28.5 Å². The summed E-state index contributed by atoms with van der Waals surface area (Å²) in [5.41, 5.74) is 5.89. The van der Waals surface area contributed by atoms with Crippen LogP contribution in [-0.4, -0.2) is 39.5 Å². The topological polar surface area (TPSA) is 97.6 Å². The lowest BCUT2D eigenvalue weighted by molar-refractivity contribution is 0.00578. The van der Waals surface area contributed by atoms with Crippen molar-refractivity contribution in [2.24, 2.45) is 0 Å². The molecule has 1 fully saturated rings. The average molecular weight is 468 g/mol. The van der Waals surface area contributed by atoms with Crippen LogP contribution in [-0.2, 0) is 15.9 Å². The van der Waals surface area contributed by atoms with Crippen molar-refractivity contribution in [2.45, 2.75) is 51.9 Å². The number of nitrogen functional groups attached to an aromatic ring is 1. The number of halogens is 2. The number of ether oxygens (including phenoxy) is 1. The third kappa shape index (κ3) is 2.96. The van der Waals surface area contributed by atoms with Gasteiger partial charge in [0, 0.05) is 6.54 Å². The van der Waals surface area contributed by atoms with Gasteiger partial charge in [-0.05, 0) is 57.8 Å². The Morgan fingerprint density at radius 2 is 1.79 bits per heavy atom. The van der Waals surface area contributed by atoms with Crippen molar-refractivity contribution in [1.29, 1.82) is 0 Å². The quantitative estimate of drug-likeness (QED) is 0.447. The standard InChI is InChI=1S/C23H23BF2N4O4/c1-22(2)23(3,4)34-24(33-22)11-8-14-18-15(9-11)31-7-5-6-30(18)20(28-14)12-10-13(25)19-17(16(12)26)29-21(27)32-19/h8-10H,5-7H2,1-4H3,(H2,27,29). The third-order valence-corrected chi connectivity index (χ3v) is 6.96. The number of aromatic nitrogens is 3. The zero-order valence-electron chi connectivity index (χ0n) is 19.2. The third-order valence-electron chi connectivity index (χ3n) is 6.96. The second-order valence-electron chi connectivity index (χ2n) is 9.71. The molecule has 2 aliphatic rings. The van der Waals surface area contributed by atoms with E-state index < -0.39 is 30.0 Å². The number of fused-ring (bicyclic) bond motifs is 1. The van der Waals surface area contributed by atoms with Crippen molar-refractivity contribution < 1.29 is 27.2 Å². The number of imidazole rings is 1. The first-order chi connectivity index (χ1) is 16.1. The molecule has 2 aromatic carbocycles. The molecule has 0 radical (unpaired) electrons. The van der Waals surface area contributed by atoms with Crippen molar-refractivity contribution in [1.82, 2.24) is 14.5 Å². The Kier molecular flexibility index (Phi) is 4.35. The molecule has 4 aromatic rings. The lowest BCUT2D eigenvalue weighted by Crippen LogP contribution is -2.41. The van der Waals surface area contributed by atoms with Gasteiger partial charge < -0.3 is 28.8 Å². The molecule has 0 aliphatic carbocycles. The molecule has 6 rings (SSSR count). The molecule has 2 aliphatic heterocycles. The van der Waals surface area contributed by atoms with Crippen molar-refractivity contribution >= 4 is 40.7 Å². The second-order valence-corrected chi connectivity index (χ2v) is 9.71. The number of hydrogen-bond acceptors (Lipinski definition) is 7. The van der Waals surface area contributed by atoms with Gasteiger partial charge in [0.25, 0.3) is 6.01 Å². The highest BCUT2D eigenvalue weighted by molar-refractivity contribution is 6.62. The number of anilines is 1. The van der Waals surface area contributed by atoms with Crippen molar-refractivity contribution in [3.8, 4) is 17.1 Å². The minimum atomic E-state index is -0.765. The van der Waals surface area contributed by atoms with Crippen LogP contribution in [0.15, 0.2) is 22.6 Å². The monoisotopic (exact) mass is 468 g/mol. The molecule has 0 amide bonds. The molecule has 0 bridgehead atoms. The zero-order chi connectivity index (χ0) is 24.0. The van der Waals surface area contributed by atoms with E-state index in [2.05, 4.69) is 4.98 Å². The Labute approximate surface area is 194 Å². The predicted molar refractivity (Wildman–Crippen MR) is 123 cm³/mol. The Morgan fingerprint density at radius 1 is 1.06 bits per heavy atom. The minimum Gasteiger partial charge on any atom is -0.491 e. The summed E-state index contributed by atoms with van der Waals surface area (Å²) in [6, 6.07) is 4.47. The molecule has 4 heterocycles. The van der Waals surface area contributed by atoms with Crippen LogP contribution in [0.25, 0.3) is 33.5 Å². The molecule has 2 aromatic heterocycles. The molecule has 0 saturated carbocycles. The Balaban J connectivity index is 1.55. The number of nitrogens with zero attached hydrogens (tertiary/aromatic N) is 3. The molecular formula is C23H23BF2N4O4. The van der Waals surface area contributed by atoms with Crippen molar-refractivity contribution in [3.63, 3.8) is 0 Å². The SMILES string of the molecule is CC1(C)OB(c2cc3c4c(c2)nc(-c2cc(F)c5oc(N)nc5c2F)n4CCCO3)OC1(C)C. The van der Waals surface area contributed by atoms with Gasteiger partial charge in [-0.1, -0.05) is 0 Å². The summed E-state index contributed by atoms with van der Waals surface area (Å²) in [7, 11) is -0.616. The van der Waals surface area contributed by atoms with Gasteiger partial charge >= 0.3 is 7.12 Å². The summed E-state index contributed by atoms with van der Waals surface area (Å²) in [6.07, 6.45) is 0.669. The predicted octanol–water partition coefficient (Wildman–Crippen LogP) is 3.79. The number of benzene rings is 2. The Morgan fingerprint density at radius 3 is 2.53 bits per heavy atom. The summed E-state index contributed by atoms with van der Waals surface area (Å²) >= 11 is 0. The van der Waals surface area contributed by atoms with Gasteiger partial charge in [0.05, 0.1) is 28.9 Å². The molecule has 176 valence electrons. The highest BCUT2D eigenvalue weighted by Gasteiger charge is 2.52. The highest BCUT2D eigenvalue weighted by Crippen LogP contribution is 2.39. The molecule has 0 atom stereocenters. The molecule has 2 N–H and O–H groups in total. The van der Waals surface area contributed by atoms with Gasteiger partial charge in [-0.2, -0.15) is 4.98 Å². The largest absolute Gasteiger partial charge is 0.495 e. The number of nitrogens with two attached hydrogens (primary N) is 1. The summed E-state index contributed by atoms with van der Waals surface area (Å²) in [5.74, 6) is -0.654. The first-order valence-corrected chi connectivity index (χ1v) is 11.1. The normalized spacial score (nSPS) is 19.1. The summed E-state index contributed by atoms with van der Waals surface area (Å²) in [6.45, 7) is 8.91. The number of rotatable bonds is 2. The molecule has 1 saturated heterocycles. The van der Waals surface area contributed by atoms with Crippen LogP contribution in [0.5, 0.6) is 5.75 Å². The van der Waals surface area contributed by atoms with Gasteiger partial charge in [0.1, 0.15) is 17.1 Å². The van der Waals surface area contributed by atoms with E-state index in [1.807, 2.05) is 44.4 Å². The van der Waals surface area contributed by atoms with Crippen LogP contribution < -0.4 is 15.9 Å². The highest BCUT2D eigenvalue weighted by atomic mass is 19.1. The van der Waals surface area contributed by atoms with Gasteiger partial charge in [-0.3, -0.25) is 0 Å². The first kappa shape index (κ1) is 21.4. The first-order valence-electron chi connectivity index (χ1n) is 11.1. The molecular weight excluding hydrogens is 445 g/mol. The van der Waals surface area contributed by atoms with E-state index >= 15 is 4.39 Å². The van der Waals surface area contributed by atoms with Crippen LogP contribution in [0.1, 0.15) is 34.1 Å². The van der Waals surface area contributed by atoms with Crippen LogP contribution in [0.3, 0.4) is 0 Å². The molecule has 34 heavy (non-hydrogen) atoms. The van der Waals surface area contributed by atoms with E-state index in [4.69, 9.17) is 29.2 Å². The fraction of sp³-hybridized carbons (Fsp3) is 0.391. The smallest absolute Gasteiger partial charge is 0.491 e. The molecule has 0 unspecified atom stereocenters. The Bertz CT molecular complexity index is 1460. The fourth-order valence-corrected chi connectivity index (χ4v) is 4.50. The summed E-state index contributed by atoms with van der Waals surface area (Å²) in [5, 5.41) is 0. The number of aryl methyl sites for hydroxylation is 1. The fourth-order valence-electron chi connectivity index (χ4n) is 4.50. The van der Waals surface area contributed by atoms with Gasteiger partial charge in [-0.25, -0.2) is 13.8 Å². The summed E-state index contributed by atoms with van der Waals surface area (Å²) < 4.78 is 55.5.